The summed E-state index contributed by atoms with van der Waals surface area (Å²) in [6, 6.07) is 12.1. The molecule has 0 fully saturated rings. The van der Waals surface area contributed by atoms with Crippen LogP contribution in [0.4, 0.5) is 16.2 Å². The molecule has 0 atom stereocenters. The highest BCUT2D eigenvalue weighted by Crippen LogP contribution is 2.29. The first kappa shape index (κ1) is 24.4. The van der Waals surface area contributed by atoms with Crippen molar-refractivity contribution in [3.05, 3.63) is 60.2 Å². The number of benzene rings is 2. The van der Waals surface area contributed by atoms with E-state index >= 15 is 0 Å². The number of allylic oxidation sites excluding steroid dienone is 1. The molecule has 2 aromatic carbocycles. The molecular weight excluding hydrogens is 412 g/mol. The number of sulfonamides is 1. The van der Waals surface area contributed by atoms with Gasteiger partial charge >= 0.3 is 6.03 Å². The normalized spacial score (nSPS) is 11.9. The third-order valence-electron chi connectivity index (χ3n) is 4.98. The zero-order valence-corrected chi connectivity index (χ0v) is 20.1. The third kappa shape index (κ3) is 5.65. The Kier molecular flexibility index (Phi) is 7.18. The molecule has 0 saturated heterocycles. The summed E-state index contributed by atoms with van der Waals surface area (Å²) < 4.78 is 26.2. The van der Waals surface area contributed by atoms with Gasteiger partial charge in [0.15, 0.2) is 0 Å². The Morgan fingerprint density at radius 1 is 1.03 bits per heavy atom. The van der Waals surface area contributed by atoms with Crippen molar-refractivity contribution in [2.24, 2.45) is 0 Å². The van der Waals surface area contributed by atoms with Crippen LogP contribution in [0, 0.1) is 0 Å². The lowest BCUT2D eigenvalue weighted by molar-refractivity contribution is 0.242. The predicted octanol–water partition coefficient (Wildman–Crippen LogP) is 4.09. The van der Waals surface area contributed by atoms with Crippen LogP contribution in [-0.4, -0.2) is 46.9 Å². The van der Waals surface area contributed by atoms with Crippen LogP contribution in [0.2, 0.25) is 0 Å². The van der Waals surface area contributed by atoms with E-state index in [9.17, 15) is 13.2 Å². The maximum absolute atomic E-state index is 12.9. The molecule has 2 amide bonds. The summed E-state index contributed by atoms with van der Waals surface area (Å²) in [5, 5.41) is 5.79. The zero-order valence-electron chi connectivity index (χ0n) is 19.3. The third-order valence-corrected chi connectivity index (χ3v) is 6.79. The van der Waals surface area contributed by atoms with Crippen LogP contribution in [-0.2, 0) is 15.6 Å². The van der Waals surface area contributed by atoms with E-state index in [-0.39, 0.29) is 4.90 Å². The quantitative estimate of drug-likeness (QED) is 0.674. The highest BCUT2D eigenvalue weighted by Gasteiger charge is 2.25. The van der Waals surface area contributed by atoms with Gasteiger partial charge in [0.1, 0.15) is 0 Å². The molecule has 0 aliphatic heterocycles. The van der Waals surface area contributed by atoms with Crippen LogP contribution in [0.3, 0.4) is 0 Å². The molecule has 2 aromatic rings. The smallest absolute Gasteiger partial charge is 0.319 e. The Balaban J connectivity index is 2.34. The first-order valence-electron chi connectivity index (χ1n) is 9.85. The Hall–Kier alpha value is -2.84. The fourth-order valence-electron chi connectivity index (χ4n) is 3.06. The van der Waals surface area contributed by atoms with Gasteiger partial charge in [-0.15, -0.1) is 0 Å². The SMILES string of the molecule is C=C(C)c1cccc(C(C)(C)NC(=O)Nc2cc(S(=O)(=O)N(C)C)ccc2N(C)C)c1. The highest BCUT2D eigenvalue weighted by atomic mass is 32.2. The second kappa shape index (κ2) is 9.11. The number of hydrogen-bond donors (Lipinski definition) is 2. The van der Waals surface area contributed by atoms with Crippen LogP contribution >= 0.6 is 0 Å². The van der Waals surface area contributed by atoms with Crippen molar-refractivity contribution in [1.29, 1.82) is 0 Å². The average Bonchev–Trinajstić information content (AvgIpc) is 2.67. The van der Waals surface area contributed by atoms with Crippen LogP contribution in [0.15, 0.2) is 53.9 Å². The predicted molar refractivity (Wildman–Crippen MR) is 128 cm³/mol. The number of nitrogens with one attached hydrogen (secondary N) is 2. The van der Waals surface area contributed by atoms with E-state index in [1.807, 2.05) is 64.0 Å². The summed E-state index contributed by atoms with van der Waals surface area (Å²) in [5.74, 6) is 0. The van der Waals surface area contributed by atoms with Crippen molar-refractivity contribution in [2.75, 3.05) is 38.4 Å². The van der Waals surface area contributed by atoms with Gasteiger partial charge in [0.2, 0.25) is 10.0 Å². The van der Waals surface area contributed by atoms with E-state index in [4.69, 9.17) is 0 Å². The van der Waals surface area contributed by atoms with Gasteiger partial charge < -0.3 is 15.5 Å². The van der Waals surface area contributed by atoms with Crippen LogP contribution < -0.4 is 15.5 Å². The lowest BCUT2D eigenvalue weighted by atomic mass is 9.92. The number of hydrogen-bond acceptors (Lipinski definition) is 4. The molecule has 0 unspecified atom stereocenters. The van der Waals surface area contributed by atoms with E-state index in [1.165, 1.54) is 26.2 Å². The lowest BCUT2D eigenvalue weighted by Gasteiger charge is -2.28. The topological polar surface area (TPSA) is 81.8 Å². The van der Waals surface area contributed by atoms with E-state index < -0.39 is 21.6 Å². The molecule has 0 heterocycles. The molecule has 0 radical (unpaired) electrons. The second-order valence-electron chi connectivity index (χ2n) is 8.43. The van der Waals surface area contributed by atoms with Gasteiger partial charge in [0.25, 0.3) is 0 Å². The van der Waals surface area contributed by atoms with Gasteiger partial charge in [-0.3, -0.25) is 0 Å². The van der Waals surface area contributed by atoms with E-state index in [0.29, 0.717) is 11.4 Å². The van der Waals surface area contributed by atoms with Crippen molar-refractivity contribution >= 4 is 33.0 Å². The minimum Gasteiger partial charge on any atom is -0.376 e. The van der Waals surface area contributed by atoms with Crippen molar-refractivity contribution in [3.63, 3.8) is 0 Å². The molecule has 7 nitrogen and oxygen atoms in total. The van der Waals surface area contributed by atoms with Gasteiger partial charge in [-0.25, -0.2) is 17.5 Å². The molecule has 0 aliphatic rings. The highest BCUT2D eigenvalue weighted by molar-refractivity contribution is 7.89. The Bertz CT molecular complexity index is 1090. The van der Waals surface area contributed by atoms with Gasteiger partial charge in [0.05, 0.1) is 21.8 Å². The minimum absolute atomic E-state index is 0.104. The fraction of sp³-hybridized carbons (Fsp3) is 0.348. The average molecular weight is 445 g/mol. The fourth-order valence-corrected chi connectivity index (χ4v) is 3.99. The Morgan fingerprint density at radius 3 is 2.23 bits per heavy atom. The lowest BCUT2D eigenvalue weighted by Crippen LogP contribution is -2.43. The van der Waals surface area contributed by atoms with Gasteiger partial charge in [-0.1, -0.05) is 30.4 Å². The number of nitrogens with zero attached hydrogens (tertiary/aromatic N) is 2. The molecule has 168 valence electrons. The molecule has 2 rings (SSSR count). The standard InChI is InChI=1S/C23H32N4O3S/c1-16(2)17-10-9-11-18(14-17)23(3,4)25-22(28)24-20-15-19(31(29,30)27(7)8)12-13-21(20)26(5)6/h9-15H,1H2,2-8H3,(H2,24,25,28). The summed E-state index contributed by atoms with van der Waals surface area (Å²) in [4.78, 5) is 14.8. The first-order chi connectivity index (χ1) is 14.3. The number of urea groups is 1. The molecule has 0 saturated carbocycles. The monoisotopic (exact) mass is 444 g/mol. The molecule has 0 spiro atoms. The molecule has 31 heavy (non-hydrogen) atoms. The van der Waals surface area contributed by atoms with E-state index in [0.717, 1.165) is 21.0 Å². The summed E-state index contributed by atoms with van der Waals surface area (Å²) >= 11 is 0. The maximum atomic E-state index is 12.9. The molecular formula is C23H32N4O3S. The Morgan fingerprint density at radius 2 is 1.68 bits per heavy atom. The minimum atomic E-state index is -3.63. The maximum Gasteiger partial charge on any atom is 0.319 e. The summed E-state index contributed by atoms with van der Waals surface area (Å²) in [7, 11) is 2.95. The van der Waals surface area contributed by atoms with Crippen LogP contribution in [0.25, 0.3) is 5.57 Å². The number of rotatable bonds is 7. The molecule has 0 aromatic heterocycles. The summed E-state index contributed by atoms with van der Waals surface area (Å²) in [6.07, 6.45) is 0. The molecule has 2 N–H and O–H groups in total. The van der Waals surface area contributed by atoms with Crippen molar-refractivity contribution < 1.29 is 13.2 Å². The zero-order chi connectivity index (χ0) is 23.6. The largest absolute Gasteiger partial charge is 0.376 e. The molecule has 8 heteroatoms. The first-order valence-corrected chi connectivity index (χ1v) is 11.3. The van der Waals surface area contributed by atoms with Crippen LogP contribution in [0.1, 0.15) is 31.9 Å². The van der Waals surface area contributed by atoms with Gasteiger partial charge in [-0.05, 0) is 56.2 Å². The van der Waals surface area contributed by atoms with Crippen LogP contribution in [0.5, 0.6) is 0 Å². The summed E-state index contributed by atoms with van der Waals surface area (Å²) in [6.45, 7) is 9.72. The number of carbonyl (C=O) groups excluding carboxylic acids is 1. The molecule has 0 bridgehead atoms. The Labute approximate surface area is 185 Å². The van der Waals surface area contributed by atoms with Gasteiger partial charge in [-0.2, -0.15) is 0 Å². The molecule has 0 aliphatic carbocycles. The van der Waals surface area contributed by atoms with E-state index in [2.05, 4.69) is 17.2 Å². The van der Waals surface area contributed by atoms with Crippen molar-refractivity contribution in [1.82, 2.24) is 9.62 Å². The van der Waals surface area contributed by atoms with Gasteiger partial charge in [0, 0.05) is 28.2 Å². The second-order valence-corrected chi connectivity index (χ2v) is 10.6. The van der Waals surface area contributed by atoms with E-state index in [1.54, 1.807) is 6.07 Å². The number of anilines is 2. The van der Waals surface area contributed by atoms with Crippen molar-refractivity contribution in [2.45, 2.75) is 31.2 Å². The summed E-state index contributed by atoms with van der Waals surface area (Å²) in [5.41, 5.74) is 3.30. The number of amides is 2. The number of carbonyl (C=O) groups is 1. The van der Waals surface area contributed by atoms with Crippen molar-refractivity contribution in [3.8, 4) is 0 Å².